The van der Waals surface area contributed by atoms with Crippen LogP contribution in [0, 0.1) is 0 Å². The van der Waals surface area contributed by atoms with Gasteiger partial charge >= 0.3 is 0 Å². The summed E-state index contributed by atoms with van der Waals surface area (Å²) >= 11 is 0. The van der Waals surface area contributed by atoms with Crippen molar-refractivity contribution in [2.75, 3.05) is 4.90 Å². The maximum Gasteiger partial charge on any atom is 0.136 e. The lowest BCUT2D eigenvalue weighted by Crippen LogP contribution is -2.09. The van der Waals surface area contributed by atoms with Crippen molar-refractivity contribution in [3.63, 3.8) is 0 Å². The molecule has 0 saturated carbocycles. The average Bonchev–Trinajstić information content (AvgIpc) is 3.73. The van der Waals surface area contributed by atoms with Gasteiger partial charge in [-0.05, 0) is 83.1 Å². The molecule has 3 heteroatoms. The van der Waals surface area contributed by atoms with Gasteiger partial charge in [-0.25, -0.2) is 0 Å². The van der Waals surface area contributed by atoms with Crippen molar-refractivity contribution in [2.24, 2.45) is 0 Å². The van der Waals surface area contributed by atoms with Gasteiger partial charge in [0.1, 0.15) is 11.2 Å². The zero-order valence-corrected chi connectivity index (χ0v) is 26.6. The van der Waals surface area contributed by atoms with Crippen LogP contribution in [0.2, 0.25) is 0 Å². The Morgan fingerprint density at radius 3 is 1.80 bits per heavy atom. The fourth-order valence-electron chi connectivity index (χ4n) is 7.67. The van der Waals surface area contributed by atoms with E-state index in [1.165, 1.54) is 32.8 Å². The van der Waals surface area contributed by atoms with E-state index in [0.717, 1.165) is 55.6 Å². The molecule has 0 fully saturated rings. The van der Waals surface area contributed by atoms with Gasteiger partial charge in [0.05, 0.1) is 11.0 Å². The molecule has 0 aliphatic rings. The molecule has 2 aromatic heterocycles. The monoisotopic (exact) mass is 626 g/mol. The smallest absolute Gasteiger partial charge is 0.136 e. The molecule has 49 heavy (non-hydrogen) atoms. The van der Waals surface area contributed by atoms with E-state index in [0.29, 0.717) is 0 Å². The number of furan rings is 1. The van der Waals surface area contributed by atoms with Crippen molar-refractivity contribution in [3.05, 3.63) is 182 Å². The molecule has 8 aromatic carbocycles. The van der Waals surface area contributed by atoms with E-state index in [9.17, 15) is 0 Å². The van der Waals surface area contributed by atoms with Gasteiger partial charge in [-0.2, -0.15) is 0 Å². The van der Waals surface area contributed by atoms with Crippen LogP contribution in [0.1, 0.15) is 0 Å². The molecule has 0 N–H and O–H groups in total. The number of rotatable bonds is 5. The topological polar surface area (TPSA) is 21.3 Å². The Morgan fingerprint density at radius 1 is 0.408 bits per heavy atom. The van der Waals surface area contributed by atoms with Gasteiger partial charge in [0.2, 0.25) is 0 Å². The Bertz CT molecular complexity index is 2770. The van der Waals surface area contributed by atoms with Crippen LogP contribution >= 0.6 is 0 Å². The number of hydrogen-bond acceptors (Lipinski definition) is 2. The summed E-state index contributed by atoms with van der Waals surface area (Å²) in [5.74, 6) is 0. The molecule has 0 radical (unpaired) electrons. The zero-order chi connectivity index (χ0) is 32.3. The molecule has 0 amide bonds. The second kappa shape index (κ2) is 11.0. The number of fused-ring (bicyclic) bond motifs is 8. The summed E-state index contributed by atoms with van der Waals surface area (Å²) in [6, 6.07) is 64.8. The molecule has 0 spiro atoms. The van der Waals surface area contributed by atoms with Crippen LogP contribution in [0.25, 0.3) is 71.3 Å². The highest BCUT2D eigenvalue weighted by molar-refractivity contribution is 6.25. The van der Waals surface area contributed by atoms with Gasteiger partial charge in [0.25, 0.3) is 0 Å². The van der Waals surface area contributed by atoms with Crippen molar-refractivity contribution in [1.82, 2.24) is 4.57 Å². The van der Waals surface area contributed by atoms with Crippen LogP contribution in [-0.4, -0.2) is 4.57 Å². The Labute approximate surface area is 283 Å². The summed E-state index contributed by atoms with van der Waals surface area (Å²) in [7, 11) is 0. The summed E-state index contributed by atoms with van der Waals surface area (Å²) in [6.45, 7) is 0. The Morgan fingerprint density at radius 2 is 1.02 bits per heavy atom. The third-order valence-electron chi connectivity index (χ3n) is 9.75. The zero-order valence-electron chi connectivity index (χ0n) is 26.6. The lowest BCUT2D eigenvalue weighted by atomic mass is 9.95. The molecule has 0 aliphatic carbocycles. The van der Waals surface area contributed by atoms with Gasteiger partial charge in [0, 0.05) is 49.9 Å². The predicted octanol–water partition coefficient (Wildman–Crippen LogP) is 13.0. The molecule has 0 atom stereocenters. The minimum atomic E-state index is 0.882. The molecule has 0 bridgehead atoms. The summed E-state index contributed by atoms with van der Waals surface area (Å²) in [6.07, 6.45) is 0. The fourth-order valence-corrected chi connectivity index (χ4v) is 7.67. The van der Waals surface area contributed by atoms with E-state index in [2.05, 4.69) is 191 Å². The van der Waals surface area contributed by atoms with Crippen LogP contribution in [0.15, 0.2) is 186 Å². The largest absolute Gasteiger partial charge is 0.456 e. The molecule has 230 valence electrons. The van der Waals surface area contributed by atoms with Crippen LogP contribution in [0.5, 0.6) is 0 Å². The number of benzene rings is 8. The lowest BCUT2D eigenvalue weighted by Gasteiger charge is -2.25. The fraction of sp³-hybridized carbons (Fsp3) is 0. The molecular weight excluding hydrogens is 597 g/mol. The van der Waals surface area contributed by atoms with Gasteiger partial charge in [-0.15, -0.1) is 0 Å². The molecule has 0 aliphatic heterocycles. The highest BCUT2D eigenvalue weighted by Gasteiger charge is 2.21. The van der Waals surface area contributed by atoms with Gasteiger partial charge < -0.3 is 13.9 Å². The second-order valence-corrected chi connectivity index (χ2v) is 12.5. The van der Waals surface area contributed by atoms with Crippen LogP contribution in [-0.2, 0) is 0 Å². The number of anilines is 3. The van der Waals surface area contributed by atoms with Gasteiger partial charge in [-0.1, -0.05) is 115 Å². The van der Waals surface area contributed by atoms with Crippen molar-refractivity contribution in [2.45, 2.75) is 0 Å². The van der Waals surface area contributed by atoms with Crippen molar-refractivity contribution in [1.29, 1.82) is 0 Å². The number of nitrogens with zero attached hydrogens (tertiary/aromatic N) is 2. The SMILES string of the molecule is c1ccc(N(c2ccccc2)c2ccc3ccc4oc5cccc(-c6cccc7c8ccccc8n(-c8ccccc8)c67)c5c4c3c2)cc1. The second-order valence-electron chi connectivity index (χ2n) is 12.5. The van der Waals surface area contributed by atoms with Crippen LogP contribution in [0.3, 0.4) is 0 Å². The first-order valence-corrected chi connectivity index (χ1v) is 16.7. The highest BCUT2D eigenvalue weighted by Crippen LogP contribution is 2.45. The molecule has 0 saturated heterocycles. The summed E-state index contributed by atoms with van der Waals surface area (Å²) in [5.41, 5.74) is 10.9. The number of para-hydroxylation sites is 5. The summed E-state index contributed by atoms with van der Waals surface area (Å²) in [4.78, 5) is 2.32. The van der Waals surface area contributed by atoms with Gasteiger partial charge in [-0.3, -0.25) is 0 Å². The summed E-state index contributed by atoms with van der Waals surface area (Å²) < 4.78 is 9.07. The summed E-state index contributed by atoms with van der Waals surface area (Å²) in [5, 5.41) is 7.06. The minimum absolute atomic E-state index is 0.882. The molecule has 0 unspecified atom stereocenters. The molecule has 2 heterocycles. The average molecular weight is 627 g/mol. The van der Waals surface area contributed by atoms with Crippen molar-refractivity contribution in [3.8, 4) is 16.8 Å². The van der Waals surface area contributed by atoms with Crippen LogP contribution in [0.4, 0.5) is 17.1 Å². The first kappa shape index (κ1) is 27.5. The van der Waals surface area contributed by atoms with Gasteiger partial charge in [0.15, 0.2) is 0 Å². The van der Waals surface area contributed by atoms with E-state index in [1.54, 1.807) is 0 Å². The lowest BCUT2D eigenvalue weighted by molar-refractivity contribution is 0.669. The number of hydrogen-bond donors (Lipinski definition) is 0. The third-order valence-corrected chi connectivity index (χ3v) is 9.75. The Kier molecular flexibility index (Phi) is 6.18. The van der Waals surface area contributed by atoms with E-state index in [1.807, 2.05) is 0 Å². The first-order chi connectivity index (χ1) is 24.3. The standard InChI is InChI=1S/C46H30N2O/c1-4-14-32(15-5-1)47(33-16-6-2-7-17-33)35-28-26-31-27-29-43-45(40(31)30-35)44-37(21-13-25-42(44)49-43)39-23-12-22-38-36-20-10-11-24-41(36)48(46(38)39)34-18-8-3-9-19-34/h1-30H. The van der Waals surface area contributed by atoms with Crippen molar-refractivity contribution < 1.29 is 4.42 Å². The van der Waals surface area contributed by atoms with E-state index in [-0.39, 0.29) is 0 Å². The maximum atomic E-state index is 6.66. The van der Waals surface area contributed by atoms with E-state index >= 15 is 0 Å². The maximum absolute atomic E-state index is 6.66. The molecular formula is C46H30N2O. The van der Waals surface area contributed by atoms with E-state index < -0.39 is 0 Å². The van der Waals surface area contributed by atoms with Crippen LogP contribution < -0.4 is 4.90 Å². The van der Waals surface area contributed by atoms with Crippen molar-refractivity contribution >= 4 is 71.6 Å². The molecule has 10 rings (SSSR count). The molecule has 10 aromatic rings. The normalized spacial score (nSPS) is 11.7. The minimum Gasteiger partial charge on any atom is -0.456 e. The molecule has 3 nitrogen and oxygen atoms in total. The first-order valence-electron chi connectivity index (χ1n) is 16.7. The Balaban J connectivity index is 1.29. The highest BCUT2D eigenvalue weighted by atomic mass is 16.3. The predicted molar refractivity (Wildman–Crippen MR) is 206 cm³/mol. The third kappa shape index (κ3) is 4.29. The Hall–Kier alpha value is -6.58. The van der Waals surface area contributed by atoms with E-state index in [4.69, 9.17) is 4.42 Å². The quantitative estimate of drug-likeness (QED) is 0.190. The number of aromatic nitrogens is 1.